The Morgan fingerprint density at radius 3 is 3.27 bits per heavy atom. The predicted octanol–water partition coefficient (Wildman–Crippen LogP) is 0.660. The molecule has 0 aliphatic heterocycles. The minimum Gasteiger partial charge on any atom is -0.291 e. The van der Waals surface area contributed by atoms with Gasteiger partial charge in [-0.2, -0.15) is 0 Å². The van der Waals surface area contributed by atoms with Crippen LogP contribution in [0.1, 0.15) is 5.69 Å². The molecule has 0 fully saturated rings. The molecule has 1 radical (unpaired) electrons. The molecule has 55 valence electrons. The summed E-state index contributed by atoms with van der Waals surface area (Å²) in [6.07, 6.45) is 5.05. The maximum absolute atomic E-state index is 10.4. The van der Waals surface area contributed by atoms with Gasteiger partial charge in [-0.15, -0.1) is 0 Å². The van der Waals surface area contributed by atoms with E-state index in [0.717, 1.165) is 5.65 Å². The smallest absolute Gasteiger partial charge is 0.156 e. The highest BCUT2D eigenvalue weighted by Gasteiger charge is 1.95. The molecular weight excluding hydrogens is 142 g/mol. The van der Waals surface area contributed by atoms with Crippen LogP contribution in [-0.4, -0.2) is 14.4 Å². The minimum atomic E-state index is -0.276. The largest absolute Gasteiger partial charge is 0.291 e. The molecule has 11 heavy (non-hydrogen) atoms. The number of imidazole rings is 1. The van der Waals surface area contributed by atoms with Crippen LogP contribution in [0.25, 0.3) is 5.65 Å². The Labute approximate surface area is 63.1 Å². The van der Waals surface area contributed by atoms with Crippen molar-refractivity contribution in [1.82, 2.24) is 14.4 Å². The number of fused-ring (bicyclic) bond motifs is 1. The van der Waals surface area contributed by atoms with Gasteiger partial charge in [-0.05, 0) is 6.07 Å². The summed E-state index contributed by atoms with van der Waals surface area (Å²) >= 11 is 0. The normalized spacial score (nSPS) is 10.6. The second-order valence-electron chi connectivity index (χ2n) is 2.22. The number of aromatic nitrogens is 3. The van der Waals surface area contributed by atoms with Crippen molar-refractivity contribution in [2.75, 3.05) is 0 Å². The molecule has 4 heteroatoms. The fraction of sp³-hybridized carbons (Fsp3) is 0.143. The van der Waals surface area contributed by atoms with Crippen molar-refractivity contribution in [1.29, 1.82) is 0 Å². The molecule has 2 aromatic rings. The average Bonchev–Trinajstić information content (AvgIpc) is 2.50. The van der Waals surface area contributed by atoms with Crippen molar-refractivity contribution >= 4 is 5.65 Å². The zero-order valence-electron chi connectivity index (χ0n) is 5.77. The van der Waals surface area contributed by atoms with E-state index in [-0.39, 0.29) is 6.61 Å². The maximum Gasteiger partial charge on any atom is 0.156 e. The Kier molecular flexibility index (Phi) is 1.33. The molecule has 0 unspecified atom stereocenters. The summed E-state index contributed by atoms with van der Waals surface area (Å²) in [5.74, 6) is 0. The van der Waals surface area contributed by atoms with Crippen molar-refractivity contribution in [2.45, 2.75) is 6.61 Å². The Balaban J connectivity index is 2.67. The van der Waals surface area contributed by atoms with Crippen LogP contribution in [0.15, 0.2) is 24.8 Å². The van der Waals surface area contributed by atoms with E-state index in [9.17, 15) is 5.11 Å². The van der Waals surface area contributed by atoms with Gasteiger partial charge in [-0.25, -0.2) is 15.1 Å². The Morgan fingerprint density at radius 1 is 1.55 bits per heavy atom. The Hall–Kier alpha value is -1.42. The van der Waals surface area contributed by atoms with Crippen molar-refractivity contribution in [2.24, 2.45) is 0 Å². The third kappa shape index (κ3) is 0.969. The van der Waals surface area contributed by atoms with Gasteiger partial charge in [0.15, 0.2) is 5.65 Å². The van der Waals surface area contributed by atoms with Gasteiger partial charge in [-0.1, -0.05) is 0 Å². The van der Waals surface area contributed by atoms with Crippen LogP contribution in [0, 0.1) is 0 Å². The highest BCUT2D eigenvalue weighted by molar-refractivity contribution is 5.35. The fourth-order valence-corrected chi connectivity index (χ4v) is 0.930. The highest BCUT2D eigenvalue weighted by Crippen LogP contribution is 2.00. The molecule has 2 rings (SSSR count). The van der Waals surface area contributed by atoms with Gasteiger partial charge in [-0.3, -0.25) is 4.40 Å². The molecule has 0 N–H and O–H groups in total. The molecule has 0 saturated carbocycles. The summed E-state index contributed by atoms with van der Waals surface area (Å²) in [5.41, 5.74) is 1.27. The summed E-state index contributed by atoms with van der Waals surface area (Å²) in [6.45, 7) is -0.276. The van der Waals surface area contributed by atoms with E-state index in [2.05, 4.69) is 9.97 Å². The number of rotatable bonds is 1. The van der Waals surface area contributed by atoms with Gasteiger partial charge < -0.3 is 0 Å². The molecule has 0 aromatic carbocycles. The molecule has 0 bridgehead atoms. The monoisotopic (exact) mass is 148 g/mol. The van der Waals surface area contributed by atoms with Gasteiger partial charge in [0.1, 0.15) is 12.9 Å². The van der Waals surface area contributed by atoms with Crippen molar-refractivity contribution in [3.63, 3.8) is 0 Å². The predicted molar refractivity (Wildman–Crippen MR) is 37.4 cm³/mol. The molecule has 0 aliphatic rings. The van der Waals surface area contributed by atoms with E-state index in [1.807, 2.05) is 0 Å². The summed E-state index contributed by atoms with van der Waals surface area (Å²) < 4.78 is 1.76. The van der Waals surface area contributed by atoms with E-state index in [1.54, 1.807) is 29.2 Å². The van der Waals surface area contributed by atoms with Crippen molar-refractivity contribution < 1.29 is 5.11 Å². The first-order valence-corrected chi connectivity index (χ1v) is 3.26. The molecule has 4 nitrogen and oxygen atoms in total. The van der Waals surface area contributed by atoms with Gasteiger partial charge in [0, 0.05) is 6.20 Å². The first-order chi connectivity index (χ1) is 5.40. The zero-order valence-corrected chi connectivity index (χ0v) is 5.77. The SMILES string of the molecule is [O]Cc1ccn2cncc2n1. The molecule has 2 aromatic heterocycles. The summed E-state index contributed by atoms with van der Waals surface area (Å²) in [4.78, 5) is 7.92. The van der Waals surface area contributed by atoms with Crippen LogP contribution >= 0.6 is 0 Å². The Morgan fingerprint density at radius 2 is 2.45 bits per heavy atom. The van der Waals surface area contributed by atoms with Crippen molar-refractivity contribution in [3.8, 4) is 0 Å². The third-order valence-electron chi connectivity index (χ3n) is 1.48. The van der Waals surface area contributed by atoms with Crippen LogP contribution < -0.4 is 0 Å². The number of hydrogen-bond donors (Lipinski definition) is 0. The van der Waals surface area contributed by atoms with E-state index in [0.29, 0.717) is 5.69 Å². The first-order valence-electron chi connectivity index (χ1n) is 3.26. The average molecular weight is 148 g/mol. The van der Waals surface area contributed by atoms with Crippen LogP contribution in [0.2, 0.25) is 0 Å². The minimum absolute atomic E-state index is 0.276. The highest BCUT2D eigenvalue weighted by atomic mass is 16.3. The summed E-state index contributed by atoms with van der Waals surface area (Å²) in [5, 5.41) is 10.4. The van der Waals surface area contributed by atoms with E-state index in [1.165, 1.54) is 0 Å². The molecular formula is C7H6N3O. The Bertz CT molecular complexity index is 368. The van der Waals surface area contributed by atoms with Crippen LogP contribution in [0.5, 0.6) is 0 Å². The van der Waals surface area contributed by atoms with E-state index < -0.39 is 0 Å². The van der Waals surface area contributed by atoms with Crippen molar-refractivity contribution in [3.05, 3.63) is 30.5 Å². The maximum atomic E-state index is 10.4. The second kappa shape index (κ2) is 2.32. The lowest BCUT2D eigenvalue weighted by Crippen LogP contribution is -1.91. The molecule has 0 aliphatic carbocycles. The molecule has 0 saturated heterocycles. The fourth-order valence-electron chi connectivity index (χ4n) is 0.930. The zero-order chi connectivity index (χ0) is 7.68. The number of hydrogen-bond acceptors (Lipinski definition) is 2. The van der Waals surface area contributed by atoms with E-state index >= 15 is 0 Å². The first kappa shape index (κ1) is 6.30. The van der Waals surface area contributed by atoms with Crippen LogP contribution in [-0.2, 0) is 11.7 Å². The lowest BCUT2D eigenvalue weighted by molar-refractivity contribution is 0.174. The number of nitrogens with zero attached hydrogens (tertiary/aromatic N) is 3. The summed E-state index contributed by atoms with van der Waals surface area (Å²) in [7, 11) is 0. The van der Waals surface area contributed by atoms with E-state index in [4.69, 9.17) is 0 Å². The van der Waals surface area contributed by atoms with Gasteiger partial charge in [0.05, 0.1) is 11.9 Å². The third-order valence-corrected chi connectivity index (χ3v) is 1.48. The van der Waals surface area contributed by atoms with Gasteiger partial charge in [0.25, 0.3) is 0 Å². The molecule has 0 atom stereocenters. The molecule has 2 heterocycles. The van der Waals surface area contributed by atoms with Gasteiger partial charge >= 0.3 is 0 Å². The molecule has 0 spiro atoms. The quantitative estimate of drug-likeness (QED) is 0.596. The summed E-state index contributed by atoms with van der Waals surface area (Å²) in [6, 6.07) is 1.70. The topological polar surface area (TPSA) is 50.1 Å². The lowest BCUT2D eigenvalue weighted by atomic mass is 10.4. The molecule has 0 amide bonds. The second-order valence-corrected chi connectivity index (χ2v) is 2.22. The lowest BCUT2D eigenvalue weighted by Gasteiger charge is -1.94. The van der Waals surface area contributed by atoms with Gasteiger partial charge in [0.2, 0.25) is 0 Å². The standard InChI is InChI=1S/C7H6N3O/c11-4-6-1-2-10-5-8-3-7(10)9-6/h1-3,5H,4H2. The van der Waals surface area contributed by atoms with Crippen LogP contribution in [0.4, 0.5) is 0 Å². The van der Waals surface area contributed by atoms with Crippen LogP contribution in [0.3, 0.4) is 0 Å².